The lowest BCUT2D eigenvalue weighted by atomic mass is 10.0. The van der Waals surface area contributed by atoms with Crippen molar-refractivity contribution in [1.29, 1.82) is 0 Å². The van der Waals surface area contributed by atoms with E-state index in [2.05, 4.69) is 19.2 Å². The molecule has 0 aromatic heterocycles. The van der Waals surface area contributed by atoms with Crippen LogP contribution >= 0.6 is 0 Å². The Bertz CT molecular complexity index is 406. The van der Waals surface area contributed by atoms with Crippen LogP contribution in [0.4, 0.5) is 10.1 Å². The third-order valence-corrected chi connectivity index (χ3v) is 3.12. The molecule has 17 heavy (non-hydrogen) atoms. The fraction of sp³-hybridized carbons (Fsp3) is 0.462. The Morgan fingerprint density at radius 2 is 2.12 bits per heavy atom. The van der Waals surface area contributed by atoms with Crippen molar-refractivity contribution in [2.45, 2.75) is 33.2 Å². The predicted molar refractivity (Wildman–Crippen MR) is 67.2 cm³/mol. The summed E-state index contributed by atoms with van der Waals surface area (Å²) in [6.07, 6.45) is 0.984. The van der Waals surface area contributed by atoms with Crippen molar-refractivity contribution >= 4 is 11.6 Å². The zero-order valence-electron chi connectivity index (χ0n) is 10.5. The number of nitrogens with one attached hydrogen (secondary N) is 1. The summed E-state index contributed by atoms with van der Waals surface area (Å²) in [7, 11) is 0. The summed E-state index contributed by atoms with van der Waals surface area (Å²) < 4.78 is 13.2. The maximum atomic E-state index is 13.2. The average Bonchev–Trinajstić information content (AvgIpc) is 2.31. The summed E-state index contributed by atoms with van der Waals surface area (Å²) in [5.74, 6) is -0.442. The lowest BCUT2D eigenvalue weighted by Crippen LogP contribution is -2.36. The van der Waals surface area contributed by atoms with Gasteiger partial charge in [-0.2, -0.15) is 0 Å². The smallest absolute Gasteiger partial charge is 0.251 e. The van der Waals surface area contributed by atoms with Crippen LogP contribution in [-0.4, -0.2) is 11.9 Å². The average molecular weight is 238 g/mol. The molecule has 1 aromatic carbocycles. The maximum absolute atomic E-state index is 13.2. The second-order valence-electron chi connectivity index (χ2n) is 4.38. The Labute approximate surface area is 101 Å². The fourth-order valence-corrected chi connectivity index (χ4v) is 1.45. The summed E-state index contributed by atoms with van der Waals surface area (Å²) in [6, 6.07) is 4.15. The quantitative estimate of drug-likeness (QED) is 0.792. The molecular formula is C13H19FN2O. The van der Waals surface area contributed by atoms with Crippen molar-refractivity contribution in [1.82, 2.24) is 5.32 Å². The van der Waals surface area contributed by atoms with E-state index in [1.54, 1.807) is 0 Å². The highest BCUT2D eigenvalue weighted by Crippen LogP contribution is 2.13. The van der Waals surface area contributed by atoms with E-state index in [0.29, 0.717) is 11.5 Å². The van der Waals surface area contributed by atoms with Crippen LogP contribution in [0, 0.1) is 11.7 Å². The summed E-state index contributed by atoms with van der Waals surface area (Å²) >= 11 is 0. The van der Waals surface area contributed by atoms with E-state index in [1.807, 2.05) is 6.92 Å². The predicted octanol–water partition coefficient (Wildman–Crippen LogP) is 2.57. The highest BCUT2D eigenvalue weighted by atomic mass is 19.1. The van der Waals surface area contributed by atoms with Crippen LogP contribution in [0.2, 0.25) is 0 Å². The van der Waals surface area contributed by atoms with E-state index in [4.69, 9.17) is 5.73 Å². The van der Waals surface area contributed by atoms with Crippen LogP contribution in [0.15, 0.2) is 18.2 Å². The van der Waals surface area contributed by atoms with Crippen LogP contribution < -0.4 is 11.1 Å². The van der Waals surface area contributed by atoms with E-state index in [0.717, 1.165) is 12.5 Å². The number of nitrogens with two attached hydrogens (primary N) is 1. The van der Waals surface area contributed by atoms with Gasteiger partial charge in [0.1, 0.15) is 5.82 Å². The van der Waals surface area contributed by atoms with Crippen LogP contribution in [0.5, 0.6) is 0 Å². The molecule has 1 amide bonds. The van der Waals surface area contributed by atoms with Crippen LogP contribution in [0.3, 0.4) is 0 Å². The van der Waals surface area contributed by atoms with Crippen molar-refractivity contribution in [3.05, 3.63) is 29.6 Å². The number of benzene rings is 1. The van der Waals surface area contributed by atoms with Gasteiger partial charge in [0.15, 0.2) is 0 Å². The molecule has 0 saturated carbocycles. The van der Waals surface area contributed by atoms with Gasteiger partial charge in [0.05, 0.1) is 5.69 Å². The Morgan fingerprint density at radius 1 is 1.47 bits per heavy atom. The minimum atomic E-state index is -0.561. The van der Waals surface area contributed by atoms with E-state index in [1.165, 1.54) is 12.1 Å². The van der Waals surface area contributed by atoms with Crippen LogP contribution in [0.25, 0.3) is 0 Å². The van der Waals surface area contributed by atoms with Gasteiger partial charge in [-0.25, -0.2) is 4.39 Å². The Morgan fingerprint density at radius 3 is 2.65 bits per heavy atom. The first-order chi connectivity index (χ1) is 7.95. The van der Waals surface area contributed by atoms with E-state index >= 15 is 0 Å². The Hall–Kier alpha value is -1.58. The molecule has 0 aliphatic rings. The number of halogens is 1. The van der Waals surface area contributed by atoms with Gasteiger partial charge < -0.3 is 11.1 Å². The van der Waals surface area contributed by atoms with Crippen LogP contribution in [0.1, 0.15) is 37.6 Å². The summed E-state index contributed by atoms with van der Waals surface area (Å²) in [5, 5.41) is 2.85. The number of rotatable bonds is 4. The van der Waals surface area contributed by atoms with E-state index in [9.17, 15) is 9.18 Å². The monoisotopic (exact) mass is 238 g/mol. The zero-order chi connectivity index (χ0) is 13.0. The molecule has 0 aliphatic heterocycles. The molecule has 0 spiro atoms. The van der Waals surface area contributed by atoms with E-state index < -0.39 is 5.82 Å². The first-order valence-electron chi connectivity index (χ1n) is 5.81. The molecule has 2 unspecified atom stereocenters. The van der Waals surface area contributed by atoms with Crippen molar-refractivity contribution in [3.63, 3.8) is 0 Å². The number of carbonyl (C=O) groups excluding carboxylic acids is 1. The standard InChI is InChI=1S/C13H19FN2O/c1-4-8(2)9(3)16-13(17)10-5-6-12(15)11(14)7-10/h5-9H,4,15H2,1-3H3,(H,16,17). The van der Waals surface area contributed by atoms with Gasteiger partial charge >= 0.3 is 0 Å². The van der Waals surface area contributed by atoms with Gasteiger partial charge in [-0.3, -0.25) is 4.79 Å². The Balaban J connectivity index is 2.73. The largest absolute Gasteiger partial charge is 0.396 e. The minimum Gasteiger partial charge on any atom is -0.396 e. The van der Waals surface area contributed by atoms with Crippen LogP contribution in [-0.2, 0) is 0 Å². The highest BCUT2D eigenvalue weighted by molar-refractivity contribution is 5.94. The van der Waals surface area contributed by atoms with Gasteiger partial charge in [0.25, 0.3) is 5.91 Å². The molecule has 0 aliphatic carbocycles. The van der Waals surface area contributed by atoms with Gasteiger partial charge in [0.2, 0.25) is 0 Å². The molecule has 0 heterocycles. The topological polar surface area (TPSA) is 55.1 Å². The van der Waals surface area contributed by atoms with Crippen molar-refractivity contribution in [2.24, 2.45) is 5.92 Å². The third-order valence-electron chi connectivity index (χ3n) is 3.12. The van der Waals surface area contributed by atoms with E-state index in [-0.39, 0.29) is 17.6 Å². The summed E-state index contributed by atoms with van der Waals surface area (Å²) in [5.41, 5.74) is 5.70. The molecule has 0 bridgehead atoms. The highest BCUT2D eigenvalue weighted by Gasteiger charge is 2.15. The normalized spacial score (nSPS) is 14.1. The number of nitrogen functional groups attached to an aromatic ring is 1. The van der Waals surface area contributed by atoms with Gasteiger partial charge in [-0.15, -0.1) is 0 Å². The molecule has 1 aromatic rings. The molecule has 3 N–H and O–H groups in total. The molecule has 94 valence electrons. The SMILES string of the molecule is CCC(C)C(C)NC(=O)c1ccc(N)c(F)c1. The number of amides is 1. The third kappa shape index (κ3) is 3.44. The maximum Gasteiger partial charge on any atom is 0.251 e. The summed E-state index contributed by atoms with van der Waals surface area (Å²) in [4.78, 5) is 11.8. The molecule has 0 radical (unpaired) electrons. The number of anilines is 1. The molecule has 2 atom stereocenters. The molecule has 3 nitrogen and oxygen atoms in total. The Kier molecular flexibility index (Phi) is 4.49. The van der Waals surface area contributed by atoms with Crippen molar-refractivity contribution in [3.8, 4) is 0 Å². The van der Waals surface area contributed by atoms with Gasteiger partial charge in [0, 0.05) is 11.6 Å². The molecule has 0 fully saturated rings. The lowest BCUT2D eigenvalue weighted by Gasteiger charge is -2.19. The minimum absolute atomic E-state index is 0.0523. The lowest BCUT2D eigenvalue weighted by molar-refractivity contribution is 0.0927. The number of hydrogen-bond donors (Lipinski definition) is 2. The second-order valence-corrected chi connectivity index (χ2v) is 4.38. The second kappa shape index (κ2) is 5.66. The van der Waals surface area contributed by atoms with Crippen molar-refractivity contribution < 1.29 is 9.18 Å². The number of carbonyl (C=O) groups is 1. The fourth-order valence-electron chi connectivity index (χ4n) is 1.45. The molecular weight excluding hydrogens is 219 g/mol. The van der Waals surface area contributed by atoms with Gasteiger partial charge in [-0.1, -0.05) is 20.3 Å². The molecule has 1 rings (SSSR count). The number of hydrogen-bond acceptors (Lipinski definition) is 2. The zero-order valence-corrected chi connectivity index (χ0v) is 10.5. The van der Waals surface area contributed by atoms with Crippen molar-refractivity contribution in [2.75, 3.05) is 5.73 Å². The molecule has 0 saturated heterocycles. The first kappa shape index (κ1) is 13.5. The molecule has 4 heteroatoms. The first-order valence-corrected chi connectivity index (χ1v) is 5.81. The van der Waals surface area contributed by atoms with Gasteiger partial charge in [-0.05, 0) is 31.0 Å². The summed E-state index contributed by atoms with van der Waals surface area (Å²) in [6.45, 7) is 6.07.